The molecule has 0 saturated heterocycles. The van der Waals surface area contributed by atoms with Gasteiger partial charge in [-0.25, -0.2) is 0 Å². The minimum Gasteiger partial charge on any atom is -0.756 e. The van der Waals surface area contributed by atoms with Crippen LogP contribution in [0.2, 0.25) is 0 Å². The van der Waals surface area contributed by atoms with Crippen molar-refractivity contribution in [2.45, 2.75) is 103 Å². The van der Waals surface area contributed by atoms with Gasteiger partial charge in [0.05, 0.1) is 34.4 Å². The van der Waals surface area contributed by atoms with Crippen LogP contribution in [0.25, 0.3) is 0 Å². The molecule has 0 radical (unpaired) electrons. The summed E-state index contributed by atoms with van der Waals surface area (Å²) in [5.41, 5.74) is 0. The summed E-state index contributed by atoms with van der Waals surface area (Å²) in [6, 6.07) is 0. The second-order valence-corrected chi connectivity index (χ2v) is 10.8. The first-order valence-electron chi connectivity index (χ1n) is 14.3. The van der Waals surface area contributed by atoms with Crippen molar-refractivity contribution in [2.24, 2.45) is 0 Å². The number of phosphoric acid groups is 1. The normalized spacial score (nSPS) is 17.8. The van der Waals surface area contributed by atoms with Gasteiger partial charge in [-0.3, -0.25) is 4.57 Å². The van der Waals surface area contributed by atoms with E-state index in [1.54, 1.807) is 0 Å². The van der Waals surface area contributed by atoms with E-state index in [2.05, 4.69) is 6.92 Å². The van der Waals surface area contributed by atoms with E-state index in [4.69, 9.17) is 19.3 Å². The molecule has 2 atom stereocenters. The van der Waals surface area contributed by atoms with Crippen LogP contribution in [0.15, 0.2) is 0 Å². The van der Waals surface area contributed by atoms with E-state index in [1.165, 1.54) is 12.8 Å². The maximum absolute atomic E-state index is 11.7. The first kappa shape index (κ1) is 25.1. The maximum Gasteiger partial charge on any atom is 0.268 e. The van der Waals surface area contributed by atoms with Crippen LogP contribution in [-0.2, 0) is 18.3 Å². The minimum atomic E-state index is -4.46. The van der Waals surface area contributed by atoms with Gasteiger partial charge in [-0.2, -0.15) is 0 Å². The van der Waals surface area contributed by atoms with Crippen LogP contribution in [0, 0.1) is 0 Å². The number of rotatable bonds is 24. The first-order chi connectivity index (χ1) is 16.6. The lowest BCUT2D eigenvalue weighted by Crippen LogP contribution is -2.37. The summed E-state index contributed by atoms with van der Waals surface area (Å²) < 4.78 is 59.8. The molecule has 0 aliphatic rings. The van der Waals surface area contributed by atoms with Gasteiger partial charge in [0.1, 0.15) is 19.3 Å². The molecule has 0 rings (SSSR count). The number of ether oxygens (including phenoxy) is 1. The summed E-state index contributed by atoms with van der Waals surface area (Å²) in [4.78, 5) is 11.7. The van der Waals surface area contributed by atoms with Crippen LogP contribution in [0.4, 0.5) is 0 Å². The Bertz CT molecular complexity index is 608. The molecule has 0 amide bonds. The molecule has 1 unspecified atom stereocenters. The second kappa shape index (κ2) is 20.4. The van der Waals surface area contributed by atoms with E-state index < -0.39 is 33.3 Å². The van der Waals surface area contributed by atoms with Crippen LogP contribution in [0.3, 0.4) is 0 Å². The largest absolute Gasteiger partial charge is 0.756 e. The standard InChI is InChI=1S/C24H52NO6P/c1-5-6-7-8-9-10-11-12-13-14-15-16-17-18-20-29-22-24(26)23-31-32(27,28)30-21-19-25(2,3)4/h24,26H,5-23H2,1-4H3/t24-/m1/s1/i12D2,13D2. The number of hydrogen-bond acceptors (Lipinski definition) is 6. The smallest absolute Gasteiger partial charge is 0.268 e. The lowest BCUT2D eigenvalue weighted by atomic mass is 10.0. The van der Waals surface area contributed by atoms with Gasteiger partial charge in [-0.15, -0.1) is 0 Å². The Morgan fingerprint density at radius 1 is 0.844 bits per heavy atom. The third-order valence-electron chi connectivity index (χ3n) is 4.87. The first-order valence-corrected chi connectivity index (χ1v) is 13.7. The number of nitrogens with zero attached hydrogens (tertiary/aromatic N) is 1. The van der Waals surface area contributed by atoms with Gasteiger partial charge in [0.2, 0.25) is 0 Å². The molecule has 32 heavy (non-hydrogen) atoms. The third kappa shape index (κ3) is 24.6. The van der Waals surface area contributed by atoms with Gasteiger partial charge >= 0.3 is 0 Å². The summed E-state index contributed by atoms with van der Waals surface area (Å²) >= 11 is 0. The molecule has 0 aromatic rings. The third-order valence-corrected chi connectivity index (χ3v) is 5.83. The molecular weight excluding hydrogens is 429 g/mol. The number of likely N-dealkylation sites (N-methyl/N-ethyl adjacent to an activating group) is 1. The molecule has 0 aromatic carbocycles. The molecule has 0 bridgehead atoms. The summed E-state index contributed by atoms with van der Waals surface area (Å²) in [6.45, 7) is 2.56. The molecule has 1 N–H and O–H groups in total. The van der Waals surface area contributed by atoms with Crippen LogP contribution in [0.5, 0.6) is 0 Å². The predicted octanol–water partition coefficient (Wildman–Crippen LogP) is 5.05. The number of aliphatic hydroxyl groups excluding tert-OH is 1. The fourth-order valence-electron chi connectivity index (χ4n) is 2.85. The lowest BCUT2D eigenvalue weighted by Gasteiger charge is -2.27. The van der Waals surface area contributed by atoms with Crippen molar-refractivity contribution in [1.82, 2.24) is 0 Å². The molecule has 7 nitrogen and oxygen atoms in total. The topological polar surface area (TPSA) is 88.0 Å². The average molecular weight is 486 g/mol. The van der Waals surface area contributed by atoms with E-state index in [1.807, 2.05) is 21.1 Å². The Kier molecular flexibility index (Phi) is 16.0. The number of hydrogen-bond donors (Lipinski definition) is 1. The van der Waals surface area contributed by atoms with Gasteiger partial charge in [0.25, 0.3) is 7.82 Å². The molecule has 0 spiro atoms. The van der Waals surface area contributed by atoms with Crippen molar-refractivity contribution in [3.63, 3.8) is 0 Å². The number of unbranched alkanes of at least 4 members (excludes halogenated alkanes) is 8. The molecular formula is C24H52NO6P. The van der Waals surface area contributed by atoms with Crippen molar-refractivity contribution >= 4 is 7.82 Å². The molecule has 0 fully saturated rings. The Hall–Kier alpha value is -0.0100. The number of aliphatic hydroxyl groups is 1. The molecule has 0 saturated carbocycles. The van der Waals surface area contributed by atoms with Crippen molar-refractivity contribution in [3.8, 4) is 0 Å². The lowest BCUT2D eigenvalue weighted by molar-refractivity contribution is -0.870. The number of quaternary nitrogens is 1. The SMILES string of the molecule is [2H]C([2H])(CCCCCCCC)C([2H])([2H])CCCCCCOC[C@@H](O)COP(=O)([O-])OCC[N+](C)(C)C. The van der Waals surface area contributed by atoms with Crippen molar-refractivity contribution < 1.29 is 38.3 Å². The van der Waals surface area contributed by atoms with E-state index in [0.717, 1.165) is 44.9 Å². The fourth-order valence-corrected chi connectivity index (χ4v) is 3.58. The van der Waals surface area contributed by atoms with Crippen molar-refractivity contribution in [1.29, 1.82) is 0 Å². The molecule has 0 heterocycles. The zero-order chi connectivity index (χ0) is 27.7. The van der Waals surface area contributed by atoms with Gasteiger partial charge in [-0.1, -0.05) is 90.3 Å². The highest BCUT2D eigenvalue weighted by Gasteiger charge is 2.15. The Balaban J connectivity index is 3.88. The van der Waals surface area contributed by atoms with Crippen molar-refractivity contribution in [3.05, 3.63) is 0 Å². The van der Waals surface area contributed by atoms with Gasteiger partial charge < -0.3 is 28.3 Å². The maximum atomic E-state index is 11.7. The van der Waals surface area contributed by atoms with E-state index in [0.29, 0.717) is 24.1 Å². The minimum absolute atomic E-state index is 0.00211. The fraction of sp³-hybridized carbons (Fsp3) is 1.00. The summed E-state index contributed by atoms with van der Waals surface area (Å²) in [5.74, 6) is 0. The van der Waals surface area contributed by atoms with Gasteiger partial charge in [0.15, 0.2) is 0 Å². The van der Waals surface area contributed by atoms with Gasteiger partial charge in [-0.05, 0) is 6.42 Å². The monoisotopic (exact) mass is 485 g/mol. The molecule has 8 heteroatoms. The van der Waals surface area contributed by atoms with Crippen LogP contribution >= 0.6 is 7.82 Å². The molecule has 194 valence electrons. The number of phosphoric ester groups is 1. The molecule has 0 aliphatic carbocycles. The highest BCUT2D eigenvalue weighted by molar-refractivity contribution is 7.45. The Morgan fingerprint density at radius 3 is 1.94 bits per heavy atom. The van der Waals surface area contributed by atoms with E-state index in [-0.39, 0.29) is 26.1 Å². The molecule has 0 aliphatic heterocycles. The zero-order valence-corrected chi connectivity index (χ0v) is 21.9. The predicted molar refractivity (Wildman–Crippen MR) is 130 cm³/mol. The second-order valence-electron chi connectivity index (χ2n) is 9.35. The van der Waals surface area contributed by atoms with Gasteiger partial charge in [0, 0.05) is 12.1 Å². The summed E-state index contributed by atoms with van der Waals surface area (Å²) in [5, 5.41) is 9.84. The van der Waals surface area contributed by atoms with E-state index in [9.17, 15) is 14.6 Å². The summed E-state index contributed by atoms with van der Waals surface area (Å²) in [6.07, 6.45) is 4.91. The van der Waals surface area contributed by atoms with Crippen LogP contribution in [0.1, 0.15) is 102 Å². The zero-order valence-electron chi connectivity index (χ0n) is 25.0. The van der Waals surface area contributed by atoms with Crippen LogP contribution < -0.4 is 4.89 Å². The van der Waals surface area contributed by atoms with E-state index >= 15 is 0 Å². The van der Waals surface area contributed by atoms with Crippen LogP contribution in [-0.4, -0.2) is 69.8 Å². The highest BCUT2D eigenvalue weighted by atomic mass is 31.2. The Morgan fingerprint density at radius 2 is 1.38 bits per heavy atom. The molecule has 0 aromatic heterocycles. The van der Waals surface area contributed by atoms with Crippen molar-refractivity contribution in [2.75, 3.05) is 54.1 Å². The highest BCUT2D eigenvalue weighted by Crippen LogP contribution is 2.38. The summed E-state index contributed by atoms with van der Waals surface area (Å²) in [7, 11) is 1.28. The Labute approximate surface area is 203 Å². The average Bonchev–Trinajstić information content (AvgIpc) is 2.75. The quantitative estimate of drug-likeness (QED) is 0.117.